The zero-order valence-electron chi connectivity index (χ0n) is 35.1. The van der Waals surface area contributed by atoms with Crippen molar-refractivity contribution in [2.45, 2.75) is 102 Å². The summed E-state index contributed by atoms with van der Waals surface area (Å²) in [5.41, 5.74) is 22.3. The van der Waals surface area contributed by atoms with Crippen LogP contribution >= 0.6 is 0 Å². The second-order valence-corrected chi connectivity index (χ2v) is 21.6. The van der Waals surface area contributed by atoms with Gasteiger partial charge in [-0.15, -0.1) is 0 Å². The lowest BCUT2D eigenvalue weighted by molar-refractivity contribution is -0.231. The van der Waals surface area contributed by atoms with Crippen molar-refractivity contribution in [1.82, 2.24) is 0 Å². The van der Waals surface area contributed by atoms with Crippen LogP contribution in [0.3, 0.4) is 0 Å². The average molecular weight is 754 g/mol. The van der Waals surface area contributed by atoms with E-state index >= 15 is 0 Å². The first kappa shape index (κ1) is 34.0. The van der Waals surface area contributed by atoms with E-state index in [2.05, 4.69) is 174 Å². The van der Waals surface area contributed by atoms with Gasteiger partial charge in [0.25, 0.3) is 0 Å². The molecule has 7 aliphatic carbocycles. The Morgan fingerprint density at radius 1 is 0.500 bits per heavy atom. The Morgan fingerprint density at radius 2 is 1.14 bits per heavy atom. The van der Waals surface area contributed by atoms with Crippen LogP contribution in [0.15, 0.2) is 127 Å². The summed E-state index contributed by atoms with van der Waals surface area (Å²) in [7, 11) is 0. The number of hydrogen-bond donors (Lipinski definition) is 0. The van der Waals surface area contributed by atoms with Gasteiger partial charge in [-0.3, -0.25) is 0 Å². The second-order valence-electron chi connectivity index (χ2n) is 21.6. The maximum Gasteiger partial charge on any atom is 0.0543 e. The van der Waals surface area contributed by atoms with Crippen LogP contribution in [0.5, 0.6) is 0 Å². The Bertz CT molecular complexity index is 2760. The molecule has 0 N–H and O–H groups in total. The summed E-state index contributed by atoms with van der Waals surface area (Å²) in [6.07, 6.45) is 8.28. The fourth-order valence-electron chi connectivity index (χ4n) is 15.5. The molecule has 13 rings (SSSR count). The van der Waals surface area contributed by atoms with E-state index in [1.807, 2.05) is 0 Å². The first-order chi connectivity index (χ1) is 28.0. The van der Waals surface area contributed by atoms with Crippen molar-refractivity contribution < 1.29 is 0 Å². The molecule has 6 aromatic rings. The lowest BCUT2D eigenvalue weighted by Gasteiger charge is -2.76. The van der Waals surface area contributed by atoms with E-state index in [4.69, 9.17) is 0 Å². The molecule has 1 nitrogen and oxygen atoms in total. The topological polar surface area (TPSA) is 3.24 Å². The predicted molar refractivity (Wildman–Crippen MR) is 240 cm³/mol. The molecule has 6 aromatic carbocycles. The summed E-state index contributed by atoms with van der Waals surface area (Å²) < 4.78 is 0. The van der Waals surface area contributed by atoms with Gasteiger partial charge in [0.1, 0.15) is 0 Å². The van der Waals surface area contributed by atoms with Gasteiger partial charge >= 0.3 is 0 Å². The lowest BCUT2D eigenvalue weighted by atomic mass is 9.27. The van der Waals surface area contributed by atoms with Gasteiger partial charge in [0.2, 0.25) is 0 Å². The Hall–Kier alpha value is -4.88. The van der Waals surface area contributed by atoms with E-state index in [-0.39, 0.29) is 21.7 Å². The molecular weight excluding hydrogens is 699 g/mol. The summed E-state index contributed by atoms with van der Waals surface area (Å²) >= 11 is 0. The number of fused-ring (bicyclic) bond motifs is 12. The molecule has 4 fully saturated rings. The summed E-state index contributed by atoms with van der Waals surface area (Å²) in [4.78, 5) is 2.63. The maximum atomic E-state index is 2.65. The highest BCUT2D eigenvalue weighted by Gasteiger charge is 2.84. The fraction of sp³-hybridized carbons (Fsp3) is 0.368. The van der Waals surface area contributed by atoms with Gasteiger partial charge in [0.05, 0.1) is 11.4 Å². The Labute approximate surface area is 345 Å². The van der Waals surface area contributed by atoms with Crippen molar-refractivity contribution in [3.63, 3.8) is 0 Å². The van der Waals surface area contributed by atoms with Crippen molar-refractivity contribution in [2.75, 3.05) is 4.90 Å². The van der Waals surface area contributed by atoms with Crippen LogP contribution in [0.25, 0.3) is 33.4 Å². The van der Waals surface area contributed by atoms with E-state index in [1.165, 1.54) is 111 Å². The van der Waals surface area contributed by atoms with Crippen molar-refractivity contribution >= 4 is 17.1 Å². The van der Waals surface area contributed by atoms with Gasteiger partial charge in [0.15, 0.2) is 0 Å². The molecule has 1 heteroatoms. The van der Waals surface area contributed by atoms with Gasteiger partial charge < -0.3 is 4.90 Å². The van der Waals surface area contributed by atoms with Crippen molar-refractivity contribution in [2.24, 2.45) is 29.1 Å². The molecular formula is C57H55N. The van der Waals surface area contributed by atoms with E-state index < -0.39 is 0 Å². The molecule has 0 aromatic heterocycles. The zero-order valence-corrected chi connectivity index (χ0v) is 35.1. The molecule has 0 radical (unpaired) electrons. The van der Waals surface area contributed by atoms with Gasteiger partial charge in [0, 0.05) is 22.1 Å². The zero-order chi connectivity index (χ0) is 39.1. The largest absolute Gasteiger partial charge is 0.310 e. The molecule has 0 saturated heterocycles. The fourth-order valence-corrected chi connectivity index (χ4v) is 15.5. The second kappa shape index (κ2) is 10.8. The van der Waals surface area contributed by atoms with E-state index in [9.17, 15) is 0 Å². The lowest BCUT2D eigenvalue weighted by Crippen LogP contribution is -2.73. The minimum atomic E-state index is -0.0715. The molecule has 58 heavy (non-hydrogen) atoms. The van der Waals surface area contributed by atoms with Crippen LogP contribution in [-0.2, 0) is 21.7 Å². The third-order valence-corrected chi connectivity index (χ3v) is 18.0. The Kier molecular flexibility index (Phi) is 6.36. The number of benzene rings is 6. The van der Waals surface area contributed by atoms with Crippen LogP contribution in [0.4, 0.5) is 17.1 Å². The molecule has 6 unspecified atom stereocenters. The molecule has 0 amide bonds. The van der Waals surface area contributed by atoms with Gasteiger partial charge in [-0.2, -0.15) is 0 Å². The first-order valence-corrected chi connectivity index (χ1v) is 22.5. The molecule has 6 atom stereocenters. The van der Waals surface area contributed by atoms with E-state index in [1.54, 1.807) is 11.1 Å². The van der Waals surface area contributed by atoms with Gasteiger partial charge in [-0.1, -0.05) is 139 Å². The minimum Gasteiger partial charge on any atom is -0.310 e. The summed E-state index contributed by atoms with van der Waals surface area (Å²) in [6.45, 7) is 14.7. The van der Waals surface area contributed by atoms with Crippen molar-refractivity contribution in [1.29, 1.82) is 0 Å². The minimum absolute atomic E-state index is 0.0477. The molecule has 0 heterocycles. The monoisotopic (exact) mass is 753 g/mol. The molecule has 2 bridgehead atoms. The standard InChI is InChI=1S/C57H55N/c1-53(2)27-28-54(3,4)52-45(53)18-12-20-48(52)58(47-19-11-17-44-51(47)41-14-8-9-15-42(41)55(44,5)6)38-24-21-35(22-25-38)36-23-26-40-39-13-7-10-16-43(39)57(46(40)31-36)49-30-34-29-37-32-50(57)56(37,49)33-34/h7-26,31,34,37,49-50H,27-30,32-33H2,1-6H3. The van der Waals surface area contributed by atoms with E-state index in [0.717, 1.165) is 23.7 Å². The molecule has 4 saturated carbocycles. The maximum absolute atomic E-state index is 2.65. The van der Waals surface area contributed by atoms with Crippen LogP contribution in [0.1, 0.15) is 113 Å². The van der Waals surface area contributed by atoms with Gasteiger partial charge in [-0.05, 0) is 170 Å². The number of rotatable bonds is 4. The van der Waals surface area contributed by atoms with Crippen LogP contribution < -0.4 is 4.90 Å². The first-order valence-electron chi connectivity index (χ1n) is 22.5. The van der Waals surface area contributed by atoms with Crippen LogP contribution in [0, 0.1) is 29.1 Å². The number of anilines is 3. The highest BCUT2D eigenvalue weighted by atomic mass is 15.1. The van der Waals surface area contributed by atoms with Gasteiger partial charge in [-0.25, -0.2) is 0 Å². The quantitative estimate of drug-likeness (QED) is 0.173. The molecule has 0 aliphatic heterocycles. The Balaban J connectivity index is 0.974. The highest BCUT2D eigenvalue weighted by Crippen LogP contribution is 2.89. The van der Waals surface area contributed by atoms with Crippen molar-refractivity contribution in [3.05, 3.63) is 161 Å². The summed E-state index contributed by atoms with van der Waals surface area (Å²) in [5.74, 6) is 3.61. The smallest absolute Gasteiger partial charge is 0.0543 e. The third kappa shape index (κ3) is 3.87. The summed E-state index contributed by atoms with van der Waals surface area (Å²) in [5, 5.41) is 0. The molecule has 7 aliphatic rings. The van der Waals surface area contributed by atoms with Crippen molar-refractivity contribution in [3.8, 4) is 33.4 Å². The highest BCUT2D eigenvalue weighted by molar-refractivity contribution is 5.96. The Morgan fingerprint density at radius 3 is 1.93 bits per heavy atom. The molecule has 2 spiro atoms. The van der Waals surface area contributed by atoms with Crippen LogP contribution in [-0.4, -0.2) is 0 Å². The third-order valence-electron chi connectivity index (χ3n) is 18.0. The normalized spacial score (nSPS) is 29.7. The average Bonchev–Trinajstić information content (AvgIpc) is 3.92. The predicted octanol–water partition coefficient (Wildman–Crippen LogP) is 14.8. The number of hydrogen-bond acceptors (Lipinski definition) is 1. The number of nitrogens with zero attached hydrogens (tertiary/aromatic N) is 1. The summed E-state index contributed by atoms with van der Waals surface area (Å²) in [6, 6.07) is 50.1. The van der Waals surface area contributed by atoms with Crippen LogP contribution in [0.2, 0.25) is 0 Å². The SMILES string of the molecule is CC1(C)CCC(C)(C)c2c(N(c3ccc(-c4ccc5c(c4)C4(c6ccccc6-5)C5CC6CC7CC4C75C6)cc3)c3cccc4c3-c3ccccc3C4(C)C)cccc21. The van der Waals surface area contributed by atoms with E-state index in [0.29, 0.717) is 5.41 Å². The molecule has 288 valence electrons.